The number of carbonyl (C=O) groups is 1. The normalized spacial score (nSPS) is 21.2. The second-order valence-corrected chi connectivity index (χ2v) is 4.61. The van der Waals surface area contributed by atoms with Crippen LogP contribution in [0.5, 0.6) is 5.75 Å². The Balaban J connectivity index is 2.11. The third-order valence-corrected chi connectivity index (χ3v) is 3.65. The number of ether oxygens (including phenoxy) is 1. The van der Waals surface area contributed by atoms with Crippen LogP contribution in [0.4, 0.5) is 0 Å². The van der Waals surface area contributed by atoms with Gasteiger partial charge in [0, 0.05) is 6.54 Å². The van der Waals surface area contributed by atoms with Gasteiger partial charge in [0.15, 0.2) is 0 Å². The Hall–Kier alpha value is -1.55. The van der Waals surface area contributed by atoms with Crippen LogP contribution in [0.25, 0.3) is 0 Å². The minimum absolute atomic E-state index is 0.0225. The Kier molecular flexibility index (Phi) is 3.87. The molecule has 4 nitrogen and oxygen atoms in total. The van der Waals surface area contributed by atoms with E-state index in [1.54, 1.807) is 7.11 Å². The SMILES string of the molecule is CNC1CCN(C(C)c2ccc(OC)cc2)C1=O. The van der Waals surface area contributed by atoms with E-state index in [0.29, 0.717) is 0 Å². The van der Waals surface area contributed by atoms with Crippen molar-refractivity contribution in [3.63, 3.8) is 0 Å². The van der Waals surface area contributed by atoms with E-state index in [-0.39, 0.29) is 18.0 Å². The molecule has 98 valence electrons. The van der Waals surface area contributed by atoms with E-state index in [1.165, 1.54) is 0 Å². The Morgan fingerprint density at radius 3 is 2.56 bits per heavy atom. The molecule has 0 aromatic heterocycles. The molecule has 0 aliphatic carbocycles. The fourth-order valence-corrected chi connectivity index (χ4v) is 2.42. The van der Waals surface area contributed by atoms with E-state index < -0.39 is 0 Å². The summed E-state index contributed by atoms with van der Waals surface area (Å²) >= 11 is 0. The first kappa shape index (κ1) is 12.9. The first-order valence-electron chi connectivity index (χ1n) is 6.29. The van der Waals surface area contributed by atoms with E-state index in [9.17, 15) is 4.79 Å². The lowest BCUT2D eigenvalue weighted by molar-refractivity contribution is -0.131. The van der Waals surface area contributed by atoms with Crippen LogP contribution in [0.3, 0.4) is 0 Å². The van der Waals surface area contributed by atoms with Crippen molar-refractivity contribution in [1.82, 2.24) is 10.2 Å². The van der Waals surface area contributed by atoms with E-state index >= 15 is 0 Å². The Morgan fingerprint density at radius 2 is 2.06 bits per heavy atom. The minimum atomic E-state index is -0.0225. The molecule has 2 rings (SSSR count). The summed E-state index contributed by atoms with van der Waals surface area (Å²) in [5.74, 6) is 1.03. The Bertz CT molecular complexity index is 416. The minimum Gasteiger partial charge on any atom is -0.497 e. The number of rotatable bonds is 4. The molecule has 1 amide bonds. The maximum atomic E-state index is 12.1. The zero-order valence-electron chi connectivity index (χ0n) is 11.1. The molecule has 1 fully saturated rings. The second kappa shape index (κ2) is 5.40. The molecule has 1 aliphatic rings. The molecule has 0 spiro atoms. The maximum Gasteiger partial charge on any atom is 0.240 e. The van der Waals surface area contributed by atoms with Crippen LogP contribution in [0.15, 0.2) is 24.3 Å². The number of benzene rings is 1. The molecule has 0 radical (unpaired) electrons. The molecule has 0 saturated carbocycles. The summed E-state index contributed by atoms with van der Waals surface area (Å²) in [4.78, 5) is 14.0. The smallest absolute Gasteiger partial charge is 0.240 e. The average molecular weight is 248 g/mol. The van der Waals surface area contributed by atoms with Gasteiger partial charge in [-0.1, -0.05) is 12.1 Å². The Morgan fingerprint density at radius 1 is 1.39 bits per heavy atom. The summed E-state index contributed by atoms with van der Waals surface area (Å²) in [7, 11) is 3.49. The number of nitrogens with zero attached hydrogens (tertiary/aromatic N) is 1. The molecule has 1 heterocycles. The number of likely N-dealkylation sites (tertiary alicyclic amines) is 1. The van der Waals surface area contributed by atoms with Gasteiger partial charge in [-0.3, -0.25) is 4.79 Å². The summed E-state index contributed by atoms with van der Waals surface area (Å²) in [5.41, 5.74) is 1.14. The van der Waals surface area contributed by atoms with Crippen molar-refractivity contribution in [3.8, 4) is 5.75 Å². The summed E-state index contributed by atoms with van der Waals surface area (Å²) in [6.07, 6.45) is 0.885. The van der Waals surface area contributed by atoms with Gasteiger partial charge in [-0.2, -0.15) is 0 Å². The fourth-order valence-electron chi connectivity index (χ4n) is 2.42. The van der Waals surface area contributed by atoms with Gasteiger partial charge in [-0.15, -0.1) is 0 Å². The van der Waals surface area contributed by atoms with Crippen molar-refractivity contribution < 1.29 is 9.53 Å². The van der Waals surface area contributed by atoms with Crippen molar-refractivity contribution in [1.29, 1.82) is 0 Å². The number of hydrogen-bond acceptors (Lipinski definition) is 3. The molecular weight excluding hydrogens is 228 g/mol. The van der Waals surface area contributed by atoms with E-state index in [1.807, 2.05) is 36.2 Å². The third kappa shape index (κ3) is 2.34. The quantitative estimate of drug-likeness (QED) is 0.879. The van der Waals surface area contributed by atoms with Crippen LogP contribution < -0.4 is 10.1 Å². The topological polar surface area (TPSA) is 41.6 Å². The molecule has 2 unspecified atom stereocenters. The van der Waals surface area contributed by atoms with Gasteiger partial charge in [-0.25, -0.2) is 0 Å². The monoisotopic (exact) mass is 248 g/mol. The van der Waals surface area contributed by atoms with Gasteiger partial charge >= 0.3 is 0 Å². The highest BCUT2D eigenvalue weighted by Gasteiger charge is 2.33. The highest BCUT2D eigenvalue weighted by molar-refractivity contribution is 5.84. The molecular formula is C14H20N2O2. The summed E-state index contributed by atoms with van der Waals surface area (Å²) in [5, 5.41) is 3.06. The molecule has 0 bridgehead atoms. The van der Waals surface area contributed by atoms with E-state index in [0.717, 1.165) is 24.3 Å². The average Bonchev–Trinajstić information content (AvgIpc) is 2.79. The van der Waals surface area contributed by atoms with Gasteiger partial charge in [0.05, 0.1) is 19.2 Å². The largest absolute Gasteiger partial charge is 0.497 e. The number of carbonyl (C=O) groups excluding carboxylic acids is 1. The first-order valence-corrected chi connectivity index (χ1v) is 6.29. The zero-order chi connectivity index (χ0) is 13.1. The summed E-state index contributed by atoms with van der Waals surface area (Å²) in [6, 6.07) is 7.99. The fraction of sp³-hybridized carbons (Fsp3) is 0.500. The van der Waals surface area contributed by atoms with Crippen molar-refractivity contribution in [2.75, 3.05) is 20.7 Å². The van der Waals surface area contributed by atoms with Crippen LogP contribution in [-0.2, 0) is 4.79 Å². The van der Waals surface area contributed by atoms with Gasteiger partial charge in [0.1, 0.15) is 5.75 Å². The third-order valence-electron chi connectivity index (χ3n) is 3.65. The highest BCUT2D eigenvalue weighted by atomic mass is 16.5. The number of amides is 1. The zero-order valence-corrected chi connectivity index (χ0v) is 11.1. The number of methoxy groups -OCH3 is 1. The second-order valence-electron chi connectivity index (χ2n) is 4.61. The predicted molar refractivity (Wildman–Crippen MR) is 70.6 cm³/mol. The van der Waals surface area contributed by atoms with E-state index in [4.69, 9.17) is 4.74 Å². The van der Waals surface area contributed by atoms with Gasteiger partial charge < -0.3 is 15.0 Å². The van der Waals surface area contributed by atoms with Crippen LogP contribution in [-0.4, -0.2) is 37.6 Å². The molecule has 1 N–H and O–H groups in total. The molecule has 1 aromatic rings. The van der Waals surface area contributed by atoms with Crippen molar-refractivity contribution >= 4 is 5.91 Å². The lowest BCUT2D eigenvalue weighted by atomic mass is 10.1. The van der Waals surface area contributed by atoms with Crippen LogP contribution in [0, 0.1) is 0 Å². The molecule has 1 aromatic carbocycles. The van der Waals surface area contributed by atoms with Crippen LogP contribution >= 0.6 is 0 Å². The summed E-state index contributed by atoms with van der Waals surface area (Å²) in [6.45, 7) is 2.88. The van der Waals surface area contributed by atoms with Crippen LogP contribution in [0.2, 0.25) is 0 Å². The molecule has 1 saturated heterocycles. The molecule has 1 aliphatic heterocycles. The lowest BCUT2D eigenvalue weighted by Gasteiger charge is -2.25. The van der Waals surface area contributed by atoms with Crippen LogP contribution in [0.1, 0.15) is 24.9 Å². The van der Waals surface area contributed by atoms with Crippen molar-refractivity contribution in [2.45, 2.75) is 25.4 Å². The first-order chi connectivity index (χ1) is 8.67. The molecule has 4 heteroatoms. The maximum absolute atomic E-state index is 12.1. The summed E-state index contributed by atoms with van der Waals surface area (Å²) < 4.78 is 5.14. The number of likely N-dealkylation sites (N-methyl/N-ethyl adjacent to an activating group) is 1. The molecule has 18 heavy (non-hydrogen) atoms. The van der Waals surface area contributed by atoms with Gasteiger partial charge in [0.25, 0.3) is 0 Å². The standard InChI is InChI=1S/C14H20N2O2/c1-10(11-4-6-12(18-3)7-5-11)16-9-8-13(15-2)14(16)17/h4-7,10,13,15H,8-9H2,1-3H3. The van der Waals surface area contributed by atoms with Crippen molar-refractivity contribution in [3.05, 3.63) is 29.8 Å². The number of nitrogens with one attached hydrogen (secondary N) is 1. The van der Waals surface area contributed by atoms with Gasteiger partial charge in [0.2, 0.25) is 5.91 Å². The Labute approximate surface area is 108 Å². The molecule has 2 atom stereocenters. The van der Waals surface area contributed by atoms with E-state index in [2.05, 4.69) is 12.2 Å². The van der Waals surface area contributed by atoms with Gasteiger partial charge in [-0.05, 0) is 38.1 Å². The number of hydrogen-bond donors (Lipinski definition) is 1. The highest BCUT2D eigenvalue weighted by Crippen LogP contribution is 2.26. The van der Waals surface area contributed by atoms with Crippen molar-refractivity contribution in [2.24, 2.45) is 0 Å². The lowest BCUT2D eigenvalue weighted by Crippen LogP contribution is -2.37. The predicted octanol–water partition coefficient (Wildman–Crippen LogP) is 1.58.